The molecule has 1 aromatic rings. The summed E-state index contributed by atoms with van der Waals surface area (Å²) < 4.78 is 13.6. The van der Waals surface area contributed by atoms with E-state index in [0.29, 0.717) is 10.9 Å². The minimum absolute atomic E-state index is 0.171. The number of halogens is 2. The molecule has 0 aliphatic carbocycles. The molecule has 1 nitrogen and oxygen atoms in total. The van der Waals surface area contributed by atoms with Crippen LogP contribution in [-0.4, -0.2) is 0 Å². The summed E-state index contributed by atoms with van der Waals surface area (Å²) in [6, 6.07) is 4.77. The normalized spacial score (nSPS) is 12.6. The first-order valence-corrected chi connectivity index (χ1v) is 5.15. The zero-order valence-corrected chi connectivity index (χ0v) is 9.64. The lowest BCUT2D eigenvalue weighted by Gasteiger charge is -2.12. The second-order valence-electron chi connectivity index (χ2n) is 3.44. The second-order valence-corrected chi connectivity index (χ2v) is 4.30. The van der Waals surface area contributed by atoms with Crippen LogP contribution in [0.2, 0.25) is 0 Å². The van der Waals surface area contributed by atoms with Crippen LogP contribution in [0, 0.1) is 5.82 Å². The van der Waals surface area contributed by atoms with Gasteiger partial charge in [-0.3, -0.25) is 0 Å². The average molecular weight is 258 g/mol. The van der Waals surface area contributed by atoms with E-state index in [4.69, 9.17) is 5.73 Å². The van der Waals surface area contributed by atoms with Gasteiger partial charge in [0.05, 0.1) is 4.47 Å². The Morgan fingerprint density at radius 1 is 1.64 bits per heavy atom. The van der Waals surface area contributed by atoms with Crippen LogP contribution in [0.25, 0.3) is 0 Å². The zero-order chi connectivity index (χ0) is 10.7. The first kappa shape index (κ1) is 11.4. The molecule has 0 aliphatic rings. The standard InChI is InChI=1S/C11H13BrFN/c1-7(2)5-11(14)8-3-4-9(12)10(13)6-8/h3-4,6,11H,1,5,14H2,2H3. The maximum atomic E-state index is 13.2. The van der Waals surface area contributed by atoms with Gasteiger partial charge in [0, 0.05) is 6.04 Å². The summed E-state index contributed by atoms with van der Waals surface area (Å²) in [5.41, 5.74) is 7.67. The largest absolute Gasteiger partial charge is 0.324 e. The van der Waals surface area contributed by atoms with Crippen molar-refractivity contribution in [1.29, 1.82) is 0 Å². The molecule has 0 saturated carbocycles. The van der Waals surface area contributed by atoms with Gasteiger partial charge in [0.15, 0.2) is 0 Å². The summed E-state index contributed by atoms with van der Waals surface area (Å²) in [7, 11) is 0. The minimum Gasteiger partial charge on any atom is -0.324 e. The van der Waals surface area contributed by atoms with Gasteiger partial charge >= 0.3 is 0 Å². The highest BCUT2D eigenvalue weighted by Crippen LogP contribution is 2.22. The molecule has 1 unspecified atom stereocenters. The maximum absolute atomic E-state index is 13.2. The Bertz CT molecular complexity index is 349. The monoisotopic (exact) mass is 257 g/mol. The smallest absolute Gasteiger partial charge is 0.137 e. The van der Waals surface area contributed by atoms with Gasteiger partial charge in [-0.1, -0.05) is 11.6 Å². The topological polar surface area (TPSA) is 26.0 Å². The predicted molar refractivity (Wildman–Crippen MR) is 60.5 cm³/mol. The third-order valence-electron chi connectivity index (χ3n) is 1.94. The van der Waals surface area contributed by atoms with E-state index in [1.54, 1.807) is 6.07 Å². The lowest BCUT2D eigenvalue weighted by atomic mass is 10.0. The van der Waals surface area contributed by atoms with Crippen LogP contribution < -0.4 is 5.73 Å². The van der Waals surface area contributed by atoms with E-state index in [9.17, 15) is 4.39 Å². The van der Waals surface area contributed by atoms with E-state index in [1.807, 2.05) is 13.0 Å². The Morgan fingerprint density at radius 2 is 2.29 bits per heavy atom. The second kappa shape index (κ2) is 4.71. The summed E-state index contributed by atoms with van der Waals surface area (Å²) >= 11 is 3.10. The van der Waals surface area contributed by atoms with E-state index < -0.39 is 0 Å². The van der Waals surface area contributed by atoms with Gasteiger partial charge < -0.3 is 5.73 Å². The van der Waals surface area contributed by atoms with Gasteiger partial charge in [-0.05, 0) is 47.0 Å². The molecule has 14 heavy (non-hydrogen) atoms. The molecule has 0 spiro atoms. The summed E-state index contributed by atoms with van der Waals surface area (Å²) in [6.07, 6.45) is 0.682. The van der Waals surface area contributed by atoms with Gasteiger partial charge in [-0.15, -0.1) is 6.58 Å². The zero-order valence-electron chi connectivity index (χ0n) is 8.06. The summed E-state index contributed by atoms with van der Waals surface area (Å²) in [5, 5.41) is 0. The highest BCUT2D eigenvalue weighted by atomic mass is 79.9. The van der Waals surface area contributed by atoms with Gasteiger partial charge in [-0.25, -0.2) is 4.39 Å². The van der Waals surface area contributed by atoms with E-state index in [1.165, 1.54) is 6.07 Å². The summed E-state index contributed by atoms with van der Waals surface area (Å²) in [4.78, 5) is 0. The van der Waals surface area contributed by atoms with Crippen LogP contribution in [0.1, 0.15) is 24.9 Å². The van der Waals surface area contributed by atoms with Crippen LogP contribution in [0.15, 0.2) is 34.8 Å². The quantitative estimate of drug-likeness (QED) is 0.824. The lowest BCUT2D eigenvalue weighted by molar-refractivity contribution is 0.612. The van der Waals surface area contributed by atoms with Crippen LogP contribution >= 0.6 is 15.9 Å². The molecule has 0 amide bonds. The molecule has 2 N–H and O–H groups in total. The molecule has 1 atom stereocenters. The maximum Gasteiger partial charge on any atom is 0.137 e. The molecule has 3 heteroatoms. The minimum atomic E-state index is -0.278. The Labute approximate surface area is 91.9 Å². The highest BCUT2D eigenvalue weighted by Gasteiger charge is 2.08. The van der Waals surface area contributed by atoms with Crippen molar-refractivity contribution in [3.63, 3.8) is 0 Å². The van der Waals surface area contributed by atoms with E-state index in [-0.39, 0.29) is 11.9 Å². The third-order valence-corrected chi connectivity index (χ3v) is 2.58. The lowest BCUT2D eigenvalue weighted by Crippen LogP contribution is -2.10. The fourth-order valence-electron chi connectivity index (χ4n) is 1.24. The van der Waals surface area contributed by atoms with E-state index in [0.717, 1.165) is 11.1 Å². The van der Waals surface area contributed by atoms with Crippen LogP contribution in [-0.2, 0) is 0 Å². The molecule has 0 fully saturated rings. The Morgan fingerprint density at radius 3 is 2.79 bits per heavy atom. The molecule has 1 rings (SSSR count). The number of rotatable bonds is 3. The van der Waals surface area contributed by atoms with Crippen molar-refractivity contribution in [3.05, 3.63) is 46.2 Å². The molecule has 0 radical (unpaired) electrons. The van der Waals surface area contributed by atoms with Crippen molar-refractivity contribution >= 4 is 15.9 Å². The summed E-state index contributed by atoms with van der Waals surface area (Å²) in [5.74, 6) is -0.278. The number of nitrogens with two attached hydrogens (primary N) is 1. The number of benzene rings is 1. The van der Waals surface area contributed by atoms with Crippen LogP contribution in [0.4, 0.5) is 4.39 Å². The third kappa shape index (κ3) is 2.93. The fraction of sp³-hybridized carbons (Fsp3) is 0.273. The van der Waals surface area contributed by atoms with Gasteiger partial charge in [0.2, 0.25) is 0 Å². The van der Waals surface area contributed by atoms with Gasteiger partial charge in [0.1, 0.15) is 5.82 Å². The average Bonchev–Trinajstić information content (AvgIpc) is 2.08. The van der Waals surface area contributed by atoms with Crippen molar-refractivity contribution in [2.24, 2.45) is 5.73 Å². The first-order valence-electron chi connectivity index (χ1n) is 4.35. The summed E-state index contributed by atoms with van der Waals surface area (Å²) in [6.45, 7) is 5.69. The predicted octanol–water partition coefficient (Wildman–Crippen LogP) is 3.55. The molecular formula is C11H13BrFN. The molecule has 0 bridgehead atoms. The molecule has 0 saturated heterocycles. The first-order chi connectivity index (χ1) is 6.50. The molecule has 76 valence electrons. The Balaban J connectivity index is 2.85. The fourth-order valence-corrected chi connectivity index (χ4v) is 1.48. The van der Waals surface area contributed by atoms with E-state index >= 15 is 0 Å². The molecular weight excluding hydrogens is 245 g/mol. The van der Waals surface area contributed by atoms with E-state index in [2.05, 4.69) is 22.5 Å². The SMILES string of the molecule is C=C(C)CC(N)c1ccc(Br)c(F)c1. The molecule has 1 aromatic carbocycles. The van der Waals surface area contributed by atoms with Crippen molar-refractivity contribution in [2.45, 2.75) is 19.4 Å². The Hall–Kier alpha value is -0.670. The number of hydrogen-bond donors (Lipinski definition) is 1. The molecule has 0 aliphatic heterocycles. The number of hydrogen-bond acceptors (Lipinski definition) is 1. The van der Waals surface area contributed by atoms with Crippen molar-refractivity contribution < 1.29 is 4.39 Å². The molecule has 0 aromatic heterocycles. The highest BCUT2D eigenvalue weighted by molar-refractivity contribution is 9.10. The van der Waals surface area contributed by atoms with Crippen LogP contribution in [0.5, 0.6) is 0 Å². The van der Waals surface area contributed by atoms with Crippen molar-refractivity contribution in [3.8, 4) is 0 Å². The molecule has 0 heterocycles. The van der Waals surface area contributed by atoms with Crippen molar-refractivity contribution in [1.82, 2.24) is 0 Å². The van der Waals surface area contributed by atoms with Crippen LogP contribution in [0.3, 0.4) is 0 Å². The van der Waals surface area contributed by atoms with Gasteiger partial charge in [-0.2, -0.15) is 0 Å². The Kier molecular flexibility index (Phi) is 3.84. The van der Waals surface area contributed by atoms with Crippen molar-refractivity contribution in [2.75, 3.05) is 0 Å². The van der Waals surface area contributed by atoms with Gasteiger partial charge in [0.25, 0.3) is 0 Å².